The lowest BCUT2D eigenvalue weighted by Crippen LogP contribution is -3.00. The number of aliphatic hydroxyl groups excluding tert-OH is 1. The summed E-state index contributed by atoms with van der Waals surface area (Å²) >= 11 is 10.4. The van der Waals surface area contributed by atoms with E-state index in [1.807, 2.05) is 34.6 Å². The summed E-state index contributed by atoms with van der Waals surface area (Å²) in [6.07, 6.45) is 3.58. The van der Waals surface area contributed by atoms with E-state index >= 15 is 0 Å². The van der Waals surface area contributed by atoms with E-state index in [1.54, 1.807) is 6.92 Å². The van der Waals surface area contributed by atoms with Gasteiger partial charge in [-0.3, -0.25) is 4.79 Å². The van der Waals surface area contributed by atoms with Gasteiger partial charge in [-0.05, 0) is 63.5 Å². The summed E-state index contributed by atoms with van der Waals surface area (Å²) in [6, 6.07) is 0. The first-order valence-electron chi connectivity index (χ1n) is 12.0. The van der Waals surface area contributed by atoms with E-state index in [4.69, 9.17) is 30.9 Å². The quantitative estimate of drug-likeness (QED) is 0.168. The number of hydrogen-bond donors (Lipinski definition) is 1. The Morgan fingerprint density at radius 1 is 0.853 bits per heavy atom. The zero-order valence-electron chi connectivity index (χ0n) is 24.5. The van der Waals surface area contributed by atoms with Gasteiger partial charge in [0, 0.05) is 46.2 Å². The molecular formula is C25H55Cl3O6. The van der Waals surface area contributed by atoms with Gasteiger partial charge in [0.05, 0.1) is 0 Å². The van der Waals surface area contributed by atoms with Crippen molar-refractivity contribution in [3.63, 3.8) is 0 Å². The fraction of sp³-hybridized carbons (Fsp3) is 0.920. The summed E-state index contributed by atoms with van der Waals surface area (Å²) in [5.41, 5.74) is -0.0880. The van der Waals surface area contributed by atoms with Crippen molar-refractivity contribution in [1.29, 1.82) is 0 Å². The summed E-state index contributed by atoms with van der Waals surface area (Å²) in [5.74, 6) is 1.79. The lowest BCUT2D eigenvalue weighted by Gasteiger charge is -2.18. The number of rotatable bonds is 12. The molecule has 212 valence electrons. The molecule has 0 heterocycles. The van der Waals surface area contributed by atoms with E-state index in [-0.39, 0.29) is 37.5 Å². The maximum absolute atomic E-state index is 9.62. The van der Waals surface area contributed by atoms with Crippen LogP contribution in [-0.4, -0.2) is 54.9 Å². The Morgan fingerprint density at radius 3 is 1.35 bits per heavy atom. The Labute approximate surface area is 228 Å². The molecule has 0 bridgehead atoms. The lowest BCUT2D eigenvalue weighted by atomic mass is 10.1. The largest absolute Gasteiger partial charge is 1.00 e. The van der Waals surface area contributed by atoms with Crippen LogP contribution in [0.1, 0.15) is 96.9 Å². The van der Waals surface area contributed by atoms with E-state index in [1.165, 1.54) is 6.92 Å². The van der Waals surface area contributed by atoms with Crippen molar-refractivity contribution < 1.29 is 42.7 Å². The summed E-state index contributed by atoms with van der Waals surface area (Å²) in [5, 5.41) is 7.21. The molecule has 0 fully saturated rings. The van der Waals surface area contributed by atoms with Gasteiger partial charge in [-0.15, -0.1) is 0 Å². The van der Waals surface area contributed by atoms with Crippen LogP contribution in [0.15, 0.2) is 0 Å². The summed E-state index contributed by atoms with van der Waals surface area (Å²) in [6.45, 7) is 24.0. The van der Waals surface area contributed by atoms with Gasteiger partial charge in [0.25, 0.3) is 0 Å². The molecule has 0 aliphatic carbocycles. The van der Waals surface area contributed by atoms with E-state index in [9.17, 15) is 9.59 Å². The fourth-order valence-electron chi connectivity index (χ4n) is 1.75. The first kappa shape index (κ1) is 47.3. The Morgan fingerprint density at radius 2 is 1.18 bits per heavy atom. The zero-order chi connectivity index (χ0) is 27.2. The molecule has 0 aromatic rings. The smallest absolute Gasteiger partial charge is 1.00 e. The van der Waals surface area contributed by atoms with E-state index in [0.29, 0.717) is 30.8 Å². The molecule has 0 saturated carbocycles. The lowest BCUT2D eigenvalue weighted by molar-refractivity contribution is -0.144. The fourth-order valence-corrected chi connectivity index (χ4v) is 2.24. The molecule has 0 rings (SSSR count). The number of aldehydes is 1. The second-order valence-electron chi connectivity index (χ2n) is 8.05. The summed E-state index contributed by atoms with van der Waals surface area (Å²) in [4.78, 5) is 18.8. The molecular weight excluding hydrogens is 503 g/mol. The highest BCUT2D eigenvalue weighted by atomic mass is 35.5. The second kappa shape index (κ2) is 40.2. The van der Waals surface area contributed by atoms with Crippen LogP contribution in [0.5, 0.6) is 0 Å². The normalized spacial score (nSPS) is 10.4. The molecule has 0 spiro atoms. The van der Waals surface area contributed by atoms with Gasteiger partial charge in [-0.25, -0.2) is 0 Å². The number of carbonyl (C=O) groups excluding carboxylic acids is 2. The third kappa shape index (κ3) is 76.9. The molecule has 1 N–H and O–H groups in total. The van der Waals surface area contributed by atoms with Crippen LogP contribution in [-0.2, 0) is 23.8 Å². The van der Waals surface area contributed by atoms with Gasteiger partial charge in [-0.2, -0.15) is 0 Å². The van der Waals surface area contributed by atoms with Gasteiger partial charge < -0.3 is 36.5 Å². The van der Waals surface area contributed by atoms with Crippen LogP contribution in [0.25, 0.3) is 0 Å². The molecule has 0 amide bonds. The van der Waals surface area contributed by atoms with E-state index in [2.05, 4.69) is 39.3 Å². The predicted molar refractivity (Wildman–Crippen MR) is 143 cm³/mol. The van der Waals surface area contributed by atoms with E-state index in [0.717, 1.165) is 32.3 Å². The Hall–Kier alpha value is 0.0500. The Balaban J connectivity index is -0.0000000591. The molecule has 0 aromatic carbocycles. The van der Waals surface area contributed by atoms with Crippen molar-refractivity contribution in [2.75, 3.05) is 26.4 Å². The molecule has 0 aliphatic heterocycles. The maximum Gasteiger partial charge on any atom is 1.00 e. The molecule has 1 unspecified atom stereocenters. The molecule has 6 nitrogen and oxygen atoms in total. The number of aliphatic hydroxyl groups is 1. The van der Waals surface area contributed by atoms with Crippen molar-refractivity contribution in [2.45, 2.75) is 107 Å². The molecule has 34 heavy (non-hydrogen) atoms. The number of ether oxygens (including phenoxy) is 3. The molecule has 0 aromatic heterocycles. The van der Waals surface area contributed by atoms with Crippen LogP contribution in [0, 0.1) is 17.8 Å². The van der Waals surface area contributed by atoms with Crippen molar-refractivity contribution in [3.8, 4) is 0 Å². The van der Waals surface area contributed by atoms with Crippen LogP contribution in [0.2, 0.25) is 0 Å². The van der Waals surface area contributed by atoms with Crippen molar-refractivity contribution >= 4 is 34.7 Å². The van der Waals surface area contributed by atoms with Crippen molar-refractivity contribution in [3.05, 3.63) is 0 Å². The minimum atomic E-state index is -0.361. The molecule has 0 aliphatic rings. The predicted octanol–water partition coefficient (Wildman–Crippen LogP) is 4.18. The molecule has 0 radical (unpaired) electrons. The minimum absolute atomic E-state index is 0. The van der Waals surface area contributed by atoms with Gasteiger partial charge in [-0.1, -0.05) is 53.1 Å². The monoisotopic (exact) mass is 556 g/mol. The van der Waals surface area contributed by atoms with Crippen LogP contribution >= 0.6 is 23.2 Å². The number of carbonyl (C=O) groups is 2. The van der Waals surface area contributed by atoms with Gasteiger partial charge in [0.2, 0.25) is 5.24 Å². The van der Waals surface area contributed by atoms with Crippen LogP contribution < -0.4 is 12.4 Å². The molecule has 9 heteroatoms. The maximum atomic E-state index is 9.62. The van der Waals surface area contributed by atoms with Crippen molar-refractivity contribution in [1.82, 2.24) is 0 Å². The summed E-state index contributed by atoms with van der Waals surface area (Å²) in [7, 11) is 0. The van der Waals surface area contributed by atoms with Crippen molar-refractivity contribution in [2.24, 2.45) is 17.8 Å². The number of alkyl halides is 1. The Bertz CT molecular complexity index is 367. The SMILES string of the molecule is CC(=O)Cl.CC(C)CC=O.CCO.CCOC(CC(C)C)OCC.CCOC(Cl)CC(C)C.[Cl-].[H+]. The second-order valence-corrected chi connectivity index (χ2v) is 9.07. The van der Waals surface area contributed by atoms with Gasteiger partial charge in [0.1, 0.15) is 11.8 Å². The molecule has 1 atom stereocenters. The van der Waals surface area contributed by atoms with Crippen LogP contribution in [0.4, 0.5) is 0 Å². The van der Waals surface area contributed by atoms with E-state index < -0.39 is 0 Å². The Kier molecular flexibility index (Phi) is 55.9. The molecule has 0 saturated heterocycles. The highest BCUT2D eigenvalue weighted by Gasteiger charge is 2.09. The first-order chi connectivity index (χ1) is 15.3. The highest BCUT2D eigenvalue weighted by Crippen LogP contribution is 2.11. The third-order valence-electron chi connectivity index (χ3n) is 2.94. The minimum Gasteiger partial charge on any atom is -1.00 e. The van der Waals surface area contributed by atoms with Gasteiger partial charge in [0.15, 0.2) is 6.29 Å². The standard InChI is InChI=1S/C9H20O2.C7H15ClO.C5H10O.C2H3ClO.C2H6O.ClH/c1-5-10-9(11-6-2)7-8(3)4;1-4-9-7(8)5-6(2)3;1-5(2)3-4-6;1-2(3)4;1-2-3;/h8-9H,5-7H2,1-4H3;6-7H,4-5H2,1-3H3;4-5H,3H2,1-2H3;1H3;3H,2H2,1H3;1H. The average Bonchev–Trinajstić information content (AvgIpc) is 2.62. The van der Waals surface area contributed by atoms with Gasteiger partial charge >= 0.3 is 1.43 Å². The topological polar surface area (TPSA) is 82.1 Å². The number of hydrogen-bond acceptors (Lipinski definition) is 6. The summed E-state index contributed by atoms with van der Waals surface area (Å²) < 4.78 is 15.9. The highest BCUT2D eigenvalue weighted by molar-refractivity contribution is 6.62. The third-order valence-corrected chi connectivity index (χ3v) is 3.24. The van der Waals surface area contributed by atoms with Crippen LogP contribution in [0.3, 0.4) is 0 Å². The zero-order valence-corrected chi connectivity index (χ0v) is 25.8. The average molecular weight is 558 g/mol. The number of halogens is 3. The first-order valence-corrected chi connectivity index (χ1v) is 12.8.